The topological polar surface area (TPSA) is 31.4 Å². The van der Waals surface area contributed by atoms with Gasteiger partial charge in [0.1, 0.15) is 6.61 Å². The van der Waals surface area contributed by atoms with E-state index in [2.05, 4.69) is 9.72 Å². The molecule has 0 aliphatic heterocycles. The molecule has 21 heavy (non-hydrogen) atoms. The summed E-state index contributed by atoms with van der Waals surface area (Å²) in [6.45, 7) is 10.3. The summed E-state index contributed by atoms with van der Waals surface area (Å²) in [6.07, 6.45) is -1.74. The van der Waals surface area contributed by atoms with E-state index in [0.717, 1.165) is 5.69 Å². The molecule has 5 heteroatoms. The second-order valence-corrected chi connectivity index (χ2v) is 7.13. The van der Waals surface area contributed by atoms with Gasteiger partial charge in [0.2, 0.25) is 0 Å². The Morgan fingerprint density at radius 3 is 2.05 bits per heavy atom. The molecule has 1 aromatic heterocycles. The van der Waals surface area contributed by atoms with E-state index >= 15 is 0 Å². The van der Waals surface area contributed by atoms with Crippen LogP contribution in [0.3, 0.4) is 0 Å². The Hall–Kier alpha value is -1.07. The molecule has 0 aromatic carbocycles. The van der Waals surface area contributed by atoms with E-state index in [9.17, 15) is 8.78 Å². The number of aromatic nitrogens is 1. The minimum Gasteiger partial charge on any atom is -0.367 e. The van der Waals surface area contributed by atoms with Gasteiger partial charge in [-0.15, -0.1) is 0 Å². The van der Waals surface area contributed by atoms with Gasteiger partial charge in [-0.1, -0.05) is 26.8 Å². The maximum Gasteiger partial charge on any atom is 0.379 e. The summed E-state index contributed by atoms with van der Waals surface area (Å²) in [5.74, 6) is 0. The van der Waals surface area contributed by atoms with Crippen LogP contribution in [0.4, 0.5) is 8.78 Å². The molecule has 0 saturated heterocycles. The zero-order valence-corrected chi connectivity index (χ0v) is 13.7. The van der Waals surface area contributed by atoms with Crippen molar-refractivity contribution in [2.24, 2.45) is 0 Å². The van der Waals surface area contributed by atoms with Crippen molar-refractivity contribution in [1.82, 2.24) is 4.98 Å². The molecule has 0 radical (unpaired) electrons. The molecule has 1 heterocycles. The molecule has 0 bridgehead atoms. The van der Waals surface area contributed by atoms with Crippen molar-refractivity contribution in [3.8, 4) is 0 Å². The van der Waals surface area contributed by atoms with Crippen molar-refractivity contribution in [3.63, 3.8) is 0 Å². The van der Waals surface area contributed by atoms with Gasteiger partial charge in [-0.05, 0) is 32.4 Å². The van der Waals surface area contributed by atoms with Crippen molar-refractivity contribution in [1.29, 1.82) is 0 Å². The van der Waals surface area contributed by atoms with Crippen LogP contribution in [0.1, 0.15) is 52.8 Å². The minimum atomic E-state index is -3.31. The maximum atomic E-state index is 13.5. The predicted octanol–water partition coefficient (Wildman–Crippen LogP) is 4.30. The maximum absolute atomic E-state index is 13.5. The number of ether oxygens (including phenoxy) is 2. The molecule has 3 nitrogen and oxygen atoms in total. The summed E-state index contributed by atoms with van der Waals surface area (Å²) in [5.41, 5.74) is 0.833. The van der Waals surface area contributed by atoms with Crippen LogP contribution in [0.2, 0.25) is 0 Å². The third-order valence-corrected chi connectivity index (χ3v) is 2.72. The number of rotatable bonds is 5. The second kappa shape index (κ2) is 6.36. The van der Waals surface area contributed by atoms with Crippen LogP contribution in [0.5, 0.6) is 0 Å². The molecule has 120 valence electrons. The quantitative estimate of drug-likeness (QED) is 0.812. The Morgan fingerprint density at radius 2 is 1.62 bits per heavy atom. The average molecular weight is 301 g/mol. The fraction of sp³-hybridized carbons (Fsp3) is 0.688. The molecule has 0 amide bonds. The van der Waals surface area contributed by atoms with Gasteiger partial charge in [0.05, 0.1) is 12.2 Å². The molecule has 0 atom stereocenters. The fourth-order valence-electron chi connectivity index (χ4n) is 1.48. The molecular formula is C16H25F2NO2. The van der Waals surface area contributed by atoms with Gasteiger partial charge in [-0.25, -0.2) is 0 Å². The van der Waals surface area contributed by atoms with Gasteiger partial charge >= 0.3 is 6.11 Å². The number of alkyl halides is 2. The van der Waals surface area contributed by atoms with Gasteiger partial charge in [0.15, 0.2) is 0 Å². The SMILES string of the molecule is CC(C)(C)OCC(F)(F)OCc1ccc(C(C)(C)C)nc1. The highest BCUT2D eigenvalue weighted by atomic mass is 19.3. The van der Waals surface area contributed by atoms with Crippen molar-refractivity contribution in [2.45, 2.75) is 65.3 Å². The van der Waals surface area contributed by atoms with Crippen LogP contribution < -0.4 is 0 Å². The lowest BCUT2D eigenvalue weighted by molar-refractivity contribution is -0.281. The van der Waals surface area contributed by atoms with E-state index in [4.69, 9.17) is 4.74 Å². The average Bonchev–Trinajstić information content (AvgIpc) is 2.33. The number of pyridine rings is 1. The molecular weight excluding hydrogens is 276 g/mol. The normalized spacial score (nSPS) is 13.5. The van der Waals surface area contributed by atoms with Crippen molar-refractivity contribution < 1.29 is 18.3 Å². The van der Waals surface area contributed by atoms with E-state index in [1.54, 1.807) is 33.0 Å². The smallest absolute Gasteiger partial charge is 0.367 e. The van der Waals surface area contributed by atoms with Crippen molar-refractivity contribution in [3.05, 3.63) is 29.6 Å². The Morgan fingerprint density at radius 1 is 1.00 bits per heavy atom. The zero-order valence-electron chi connectivity index (χ0n) is 13.7. The highest BCUT2D eigenvalue weighted by Crippen LogP contribution is 2.23. The van der Waals surface area contributed by atoms with Gasteiger partial charge < -0.3 is 9.47 Å². The summed E-state index contributed by atoms with van der Waals surface area (Å²) in [6, 6.07) is 3.59. The van der Waals surface area contributed by atoms with E-state index in [1.165, 1.54) is 0 Å². The molecule has 0 aliphatic carbocycles. The fourth-order valence-corrected chi connectivity index (χ4v) is 1.48. The predicted molar refractivity (Wildman–Crippen MR) is 78.4 cm³/mol. The summed E-state index contributed by atoms with van der Waals surface area (Å²) in [7, 11) is 0. The first kappa shape index (κ1) is 18.0. The molecule has 1 rings (SSSR count). The third-order valence-electron chi connectivity index (χ3n) is 2.72. The minimum absolute atomic E-state index is 0.0656. The van der Waals surface area contributed by atoms with Gasteiger partial charge in [-0.2, -0.15) is 8.78 Å². The molecule has 1 aromatic rings. The lowest BCUT2D eigenvalue weighted by atomic mass is 9.91. The van der Waals surface area contributed by atoms with Crippen LogP contribution in [-0.2, 0) is 21.5 Å². The van der Waals surface area contributed by atoms with Crippen LogP contribution >= 0.6 is 0 Å². The van der Waals surface area contributed by atoms with Crippen LogP contribution in [0.25, 0.3) is 0 Å². The molecule has 0 N–H and O–H groups in total. The Labute approximate surface area is 125 Å². The molecule has 0 fully saturated rings. The Bertz CT molecular complexity index is 445. The summed E-state index contributed by atoms with van der Waals surface area (Å²) in [5, 5.41) is 0. The lowest BCUT2D eigenvalue weighted by Gasteiger charge is -2.24. The Balaban J connectivity index is 2.54. The molecule has 0 spiro atoms. The first-order chi connectivity index (χ1) is 9.39. The number of hydrogen-bond donors (Lipinski definition) is 0. The van der Waals surface area contributed by atoms with Gasteiger partial charge in [0, 0.05) is 17.3 Å². The highest BCUT2D eigenvalue weighted by molar-refractivity contribution is 5.18. The van der Waals surface area contributed by atoms with E-state index in [1.807, 2.05) is 26.8 Å². The van der Waals surface area contributed by atoms with E-state index in [0.29, 0.717) is 5.56 Å². The Kier molecular flexibility index (Phi) is 5.45. The lowest BCUT2D eigenvalue weighted by Crippen LogP contribution is -2.32. The number of halogens is 2. The zero-order chi connectivity index (χ0) is 16.3. The highest BCUT2D eigenvalue weighted by Gasteiger charge is 2.32. The van der Waals surface area contributed by atoms with Crippen molar-refractivity contribution in [2.75, 3.05) is 6.61 Å². The summed E-state index contributed by atoms with van der Waals surface area (Å²) >= 11 is 0. The van der Waals surface area contributed by atoms with Gasteiger partial charge in [-0.3, -0.25) is 4.98 Å². The largest absolute Gasteiger partial charge is 0.379 e. The number of nitrogens with zero attached hydrogens (tertiary/aromatic N) is 1. The second-order valence-electron chi connectivity index (χ2n) is 7.13. The summed E-state index contributed by atoms with van der Waals surface area (Å²) < 4.78 is 36.8. The monoisotopic (exact) mass is 301 g/mol. The molecule has 0 saturated carbocycles. The third kappa shape index (κ3) is 6.96. The van der Waals surface area contributed by atoms with Crippen LogP contribution in [0, 0.1) is 0 Å². The van der Waals surface area contributed by atoms with Crippen molar-refractivity contribution >= 4 is 0 Å². The molecule has 0 unspecified atom stereocenters. The van der Waals surface area contributed by atoms with E-state index < -0.39 is 18.3 Å². The standard InChI is InChI=1S/C16H25F2NO2/c1-14(2,3)13-8-7-12(9-19-13)10-20-16(17,18)11-21-15(4,5)6/h7-9H,10-11H2,1-6H3. The van der Waals surface area contributed by atoms with Crippen LogP contribution in [0.15, 0.2) is 18.3 Å². The summed E-state index contributed by atoms with van der Waals surface area (Å²) in [4.78, 5) is 4.28. The first-order valence-electron chi connectivity index (χ1n) is 7.00. The van der Waals surface area contributed by atoms with Gasteiger partial charge in [0.25, 0.3) is 0 Å². The molecule has 0 aliphatic rings. The first-order valence-corrected chi connectivity index (χ1v) is 7.00. The van der Waals surface area contributed by atoms with Crippen LogP contribution in [-0.4, -0.2) is 23.3 Å². The van der Waals surface area contributed by atoms with E-state index in [-0.39, 0.29) is 12.0 Å². The number of hydrogen-bond acceptors (Lipinski definition) is 3.